The molecule has 2 rings (SSSR count). The summed E-state index contributed by atoms with van der Waals surface area (Å²) >= 11 is 0. The first-order valence-electron chi connectivity index (χ1n) is 6.88. The molecular formula is C17H17NO3. The maximum atomic E-state index is 11.5. The van der Waals surface area contributed by atoms with Crippen molar-refractivity contribution in [2.75, 3.05) is 6.61 Å². The molecule has 108 valence electrons. The van der Waals surface area contributed by atoms with Crippen LogP contribution in [-0.2, 0) is 4.74 Å². The van der Waals surface area contributed by atoms with Gasteiger partial charge in [0.25, 0.3) is 0 Å². The van der Waals surface area contributed by atoms with Gasteiger partial charge in [-0.1, -0.05) is 11.8 Å². The van der Waals surface area contributed by atoms with Crippen molar-refractivity contribution in [2.24, 2.45) is 5.41 Å². The predicted octanol–water partition coefficient (Wildman–Crippen LogP) is 2.27. The van der Waals surface area contributed by atoms with Crippen molar-refractivity contribution in [3.63, 3.8) is 0 Å². The molecule has 0 amide bonds. The van der Waals surface area contributed by atoms with Gasteiger partial charge in [-0.15, -0.1) is 0 Å². The smallest absolute Gasteiger partial charge is 0.338 e. The molecule has 0 unspecified atom stereocenters. The Morgan fingerprint density at radius 2 is 2.05 bits per heavy atom. The van der Waals surface area contributed by atoms with Crippen molar-refractivity contribution in [1.29, 1.82) is 5.26 Å². The lowest BCUT2D eigenvalue weighted by molar-refractivity contribution is 0.0526. The van der Waals surface area contributed by atoms with Gasteiger partial charge in [-0.3, -0.25) is 0 Å². The number of carbonyl (C=O) groups is 1. The molecule has 4 heteroatoms. The monoisotopic (exact) mass is 283 g/mol. The summed E-state index contributed by atoms with van der Waals surface area (Å²) in [5, 5.41) is 19.4. The lowest BCUT2D eigenvalue weighted by Gasteiger charge is -2.21. The van der Waals surface area contributed by atoms with Crippen LogP contribution in [0.25, 0.3) is 0 Å². The summed E-state index contributed by atoms with van der Waals surface area (Å²) in [7, 11) is 0. The molecule has 1 fully saturated rings. The quantitative estimate of drug-likeness (QED) is 0.682. The Kier molecular flexibility index (Phi) is 4.02. The van der Waals surface area contributed by atoms with E-state index < -0.39 is 11.0 Å². The predicted molar refractivity (Wildman–Crippen MR) is 77.2 cm³/mol. The molecular weight excluding hydrogens is 266 g/mol. The van der Waals surface area contributed by atoms with Crippen molar-refractivity contribution >= 4 is 5.97 Å². The summed E-state index contributed by atoms with van der Waals surface area (Å²) in [6.45, 7) is 3.66. The zero-order valence-corrected chi connectivity index (χ0v) is 12.1. The Morgan fingerprint density at radius 1 is 1.43 bits per heavy atom. The van der Waals surface area contributed by atoms with Gasteiger partial charge in [0.1, 0.15) is 5.60 Å². The van der Waals surface area contributed by atoms with E-state index in [-0.39, 0.29) is 5.97 Å². The van der Waals surface area contributed by atoms with E-state index in [1.807, 2.05) is 0 Å². The molecule has 0 bridgehead atoms. The van der Waals surface area contributed by atoms with E-state index in [0.29, 0.717) is 30.6 Å². The minimum absolute atomic E-state index is 0.333. The van der Waals surface area contributed by atoms with Gasteiger partial charge in [0.05, 0.1) is 23.7 Å². The molecule has 0 saturated heterocycles. The van der Waals surface area contributed by atoms with Gasteiger partial charge in [-0.25, -0.2) is 4.79 Å². The third-order valence-corrected chi connectivity index (χ3v) is 3.74. The van der Waals surface area contributed by atoms with Crippen LogP contribution < -0.4 is 0 Å². The molecule has 1 aliphatic carbocycles. The standard InChI is InChI=1S/C17H17NO3/c1-3-21-15(19)14-6-4-13(5-7-14)8-9-16(2,20)17(12-18)10-11-17/h4-7,20H,3,10-11H2,1-2H3/t16-/m1/s1. The van der Waals surface area contributed by atoms with Crippen molar-refractivity contribution in [1.82, 2.24) is 0 Å². The molecule has 1 saturated carbocycles. The van der Waals surface area contributed by atoms with Crippen LogP contribution in [0, 0.1) is 28.6 Å². The molecule has 1 aliphatic rings. The number of nitriles is 1. The van der Waals surface area contributed by atoms with Crippen molar-refractivity contribution in [3.8, 4) is 17.9 Å². The third-order valence-electron chi connectivity index (χ3n) is 3.74. The summed E-state index contributed by atoms with van der Waals surface area (Å²) in [4.78, 5) is 11.5. The van der Waals surface area contributed by atoms with Crippen LogP contribution in [0.3, 0.4) is 0 Å². The van der Waals surface area contributed by atoms with Crippen LogP contribution in [0.5, 0.6) is 0 Å². The maximum absolute atomic E-state index is 11.5. The van der Waals surface area contributed by atoms with E-state index in [2.05, 4.69) is 17.9 Å². The topological polar surface area (TPSA) is 70.3 Å². The number of nitrogens with zero attached hydrogens (tertiary/aromatic N) is 1. The second-order valence-corrected chi connectivity index (χ2v) is 5.31. The van der Waals surface area contributed by atoms with Gasteiger partial charge < -0.3 is 9.84 Å². The molecule has 0 radical (unpaired) electrons. The molecule has 21 heavy (non-hydrogen) atoms. The lowest BCUT2D eigenvalue weighted by Crippen LogP contribution is -2.33. The first-order chi connectivity index (χ1) is 9.94. The Bertz CT molecular complexity index is 637. The lowest BCUT2D eigenvalue weighted by atomic mass is 9.87. The first kappa shape index (κ1) is 15.1. The van der Waals surface area contributed by atoms with Gasteiger partial charge in [0.15, 0.2) is 0 Å². The molecule has 0 heterocycles. The van der Waals surface area contributed by atoms with Crippen molar-refractivity contribution in [2.45, 2.75) is 32.3 Å². The zero-order chi connectivity index (χ0) is 15.5. The van der Waals surface area contributed by atoms with Crippen LogP contribution in [0.1, 0.15) is 42.6 Å². The largest absolute Gasteiger partial charge is 0.462 e. The Labute approximate surface area is 124 Å². The fraction of sp³-hybridized carbons (Fsp3) is 0.412. The van der Waals surface area contributed by atoms with Crippen LogP contribution in [0.15, 0.2) is 24.3 Å². The first-order valence-corrected chi connectivity index (χ1v) is 6.88. The maximum Gasteiger partial charge on any atom is 0.338 e. The van der Waals surface area contributed by atoms with E-state index in [1.165, 1.54) is 0 Å². The zero-order valence-electron chi connectivity index (χ0n) is 12.1. The summed E-state index contributed by atoms with van der Waals surface area (Å²) in [6, 6.07) is 8.81. The molecule has 0 aromatic heterocycles. The van der Waals surface area contributed by atoms with Gasteiger partial charge >= 0.3 is 5.97 Å². The second-order valence-electron chi connectivity index (χ2n) is 5.31. The molecule has 1 N–H and O–H groups in total. The highest BCUT2D eigenvalue weighted by Gasteiger charge is 2.56. The van der Waals surface area contributed by atoms with Crippen molar-refractivity contribution in [3.05, 3.63) is 35.4 Å². The summed E-state index contributed by atoms with van der Waals surface area (Å²) in [5.74, 6) is 5.26. The van der Waals surface area contributed by atoms with Crippen molar-refractivity contribution < 1.29 is 14.6 Å². The van der Waals surface area contributed by atoms with Gasteiger partial charge in [0, 0.05) is 5.56 Å². The van der Waals surface area contributed by atoms with Crippen LogP contribution in [-0.4, -0.2) is 23.3 Å². The minimum Gasteiger partial charge on any atom is -0.462 e. The van der Waals surface area contributed by atoms with Gasteiger partial charge in [0.2, 0.25) is 0 Å². The highest BCUT2D eigenvalue weighted by atomic mass is 16.5. The van der Waals surface area contributed by atoms with E-state index >= 15 is 0 Å². The highest BCUT2D eigenvalue weighted by Crippen LogP contribution is 2.53. The Balaban J connectivity index is 2.13. The second kappa shape index (κ2) is 5.60. The van der Waals surface area contributed by atoms with Crippen LogP contribution in [0.2, 0.25) is 0 Å². The SMILES string of the molecule is CCOC(=O)c1ccc(C#C[C@@](C)(O)C2(C#N)CC2)cc1. The summed E-state index contributed by atoms with van der Waals surface area (Å²) < 4.78 is 4.90. The number of rotatable bonds is 3. The molecule has 4 nitrogen and oxygen atoms in total. The van der Waals surface area contributed by atoms with Crippen LogP contribution >= 0.6 is 0 Å². The van der Waals surface area contributed by atoms with Gasteiger partial charge in [-0.2, -0.15) is 5.26 Å². The van der Waals surface area contributed by atoms with E-state index in [4.69, 9.17) is 10.00 Å². The Morgan fingerprint density at radius 3 is 2.52 bits per heavy atom. The molecule has 0 aliphatic heterocycles. The van der Waals surface area contributed by atoms with E-state index in [0.717, 1.165) is 0 Å². The van der Waals surface area contributed by atoms with E-state index in [1.54, 1.807) is 38.1 Å². The minimum atomic E-state index is -1.32. The molecule has 1 atom stereocenters. The number of carbonyl (C=O) groups excluding carboxylic acids is 1. The Hall–Kier alpha value is -2.30. The number of benzene rings is 1. The number of hydrogen-bond acceptors (Lipinski definition) is 4. The van der Waals surface area contributed by atoms with E-state index in [9.17, 15) is 9.90 Å². The third kappa shape index (κ3) is 3.07. The fourth-order valence-electron chi connectivity index (χ4n) is 2.05. The number of ether oxygens (including phenoxy) is 1. The average molecular weight is 283 g/mol. The van der Waals surface area contributed by atoms with Gasteiger partial charge in [-0.05, 0) is 51.0 Å². The molecule has 1 aromatic rings. The molecule has 0 spiro atoms. The normalized spacial score (nSPS) is 17.6. The average Bonchev–Trinajstić information content (AvgIpc) is 3.27. The summed E-state index contributed by atoms with van der Waals surface area (Å²) in [5.41, 5.74) is -0.909. The summed E-state index contributed by atoms with van der Waals surface area (Å²) in [6.07, 6.45) is 1.35. The van der Waals surface area contributed by atoms with Crippen LogP contribution in [0.4, 0.5) is 0 Å². The number of esters is 1. The number of aliphatic hydroxyl groups is 1. The molecule has 1 aromatic carbocycles. The fourth-order valence-corrected chi connectivity index (χ4v) is 2.05. The number of hydrogen-bond donors (Lipinski definition) is 1. The highest BCUT2D eigenvalue weighted by molar-refractivity contribution is 5.89.